The van der Waals surface area contributed by atoms with Crippen molar-refractivity contribution in [2.75, 3.05) is 5.32 Å². The van der Waals surface area contributed by atoms with Gasteiger partial charge in [0, 0.05) is 10.6 Å². The van der Waals surface area contributed by atoms with E-state index in [0.717, 1.165) is 23.8 Å². The summed E-state index contributed by atoms with van der Waals surface area (Å²) in [5.41, 5.74) is 5.25. The first-order valence-corrected chi connectivity index (χ1v) is 6.11. The van der Waals surface area contributed by atoms with E-state index in [1.54, 1.807) is 11.3 Å². The number of nitrogens with zero attached hydrogens (tertiary/aromatic N) is 2. The smallest absolute Gasteiger partial charge is 0.126 e. The number of hydrogen-bond donors (Lipinski definition) is 1. The van der Waals surface area contributed by atoms with E-state index >= 15 is 0 Å². The van der Waals surface area contributed by atoms with Crippen LogP contribution in [-0.4, -0.2) is 9.97 Å². The Balaban J connectivity index is 2.07. The Bertz CT molecular complexity index is 471. The van der Waals surface area contributed by atoms with Crippen LogP contribution in [0.15, 0.2) is 17.6 Å². The number of aryl methyl sites for hydroxylation is 3. The highest BCUT2D eigenvalue weighted by Crippen LogP contribution is 2.15. The third-order valence-electron chi connectivity index (χ3n) is 2.37. The molecule has 0 aliphatic carbocycles. The van der Waals surface area contributed by atoms with E-state index in [4.69, 9.17) is 0 Å². The van der Waals surface area contributed by atoms with E-state index in [1.807, 2.05) is 19.4 Å². The molecule has 2 aromatic rings. The van der Waals surface area contributed by atoms with E-state index in [0.29, 0.717) is 0 Å². The average molecular weight is 233 g/mol. The maximum atomic E-state index is 4.44. The second kappa shape index (κ2) is 4.61. The Morgan fingerprint density at radius 2 is 2.06 bits per heavy atom. The van der Waals surface area contributed by atoms with Crippen molar-refractivity contribution >= 4 is 17.2 Å². The molecule has 0 atom stereocenters. The third-order valence-corrected chi connectivity index (χ3v) is 3.31. The molecule has 0 aliphatic rings. The first kappa shape index (κ1) is 11.1. The monoisotopic (exact) mass is 233 g/mol. The van der Waals surface area contributed by atoms with Gasteiger partial charge in [-0.2, -0.15) is 0 Å². The van der Waals surface area contributed by atoms with Gasteiger partial charge in [-0.15, -0.1) is 11.3 Å². The maximum Gasteiger partial charge on any atom is 0.126 e. The second-order valence-electron chi connectivity index (χ2n) is 3.89. The number of hydrogen-bond acceptors (Lipinski definition) is 4. The summed E-state index contributed by atoms with van der Waals surface area (Å²) in [6.07, 6.45) is 0. The lowest BCUT2D eigenvalue weighted by molar-refractivity contribution is 1.07. The van der Waals surface area contributed by atoms with Gasteiger partial charge < -0.3 is 5.32 Å². The molecule has 0 radical (unpaired) electrons. The summed E-state index contributed by atoms with van der Waals surface area (Å²) in [4.78, 5) is 9.92. The topological polar surface area (TPSA) is 37.8 Å². The van der Waals surface area contributed by atoms with Crippen LogP contribution in [0.5, 0.6) is 0 Å². The summed E-state index contributed by atoms with van der Waals surface area (Å²) in [7, 11) is 0. The fraction of sp³-hybridized carbons (Fsp3) is 0.333. The third kappa shape index (κ3) is 2.58. The lowest BCUT2D eigenvalue weighted by atomic mass is 10.2. The van der Waals surface area contributed by atoms with E-state index in [9.17, 15) is 0 Å². The van der Waals surface area contributed by atoms with Gasteiger partial charge in [-0.25, -0.2) is 9.97 Å². The van der Waals surface area contributed by atoms with Crippen molar-refractivity contribution in [2.24, 2.45) is 0 Å². The standard InChI is InChI=1S/C12H15N3S/c1-8-4-9(2)15-12(5-8)13-6-11-10(3)14-7-16-11/h4-5,7H,6H2,1-3H3,(H,13,15). The van der Waals surface area contributed by atoms with Crippen LogP contribution in [0.4, 0.5) is 5.82 Å². The van der Waals surface area contributed by atoms with E-state index in [1.165, 1.54) is 10.4 Å². The van der Waals surface area contributed by atoms with Gasteiger partial charge in [-0.3, -0.25) is 0 Å². The predicted molar refractivity (Wildman–Crippen MR) is 67.9 cm³/mol. The Morgan fingerprint density at radius 3 is 2.69 bits per heavy atom. The summed E-state index contributed by atoms with van der Waals surface area (Å²) in [5, 5.41) is 3.33. The number of aromatic nitrogens is 2. The molecule has 3 nitrogen and oxygen atoms in total. The molecular weight excluding hydrogens is 218 g/mol. The first-order chi connectivity index (χ1) is 7.65. The van der Waals surface area contributed by atoms with Crippen LogP contribution in [-0.2, 0) is 6.54 Å². The van der Waals surface area contributed by atoms with Crippen LogP contribution in [0, 0.1) is 20.8 Å². The Kier molecular flexibility index (Phi) is 3.19. The fourth-order valence-corrected chi connectivity index (χ4v) is 2.32. The highest BCUT2D eigenvalue weighted by atomic mass is 32.1. The zero-order valence-corrected chi connectivity index (χ0v) is 10.6. The van der Waals surface area contributed by atoms with Crippen molar-refractivity contribution in [2.45, 2.75) is 27.3 Å². The summed E-state index contributed by atoms with van der Waals surface area (Å²) in [6, 6.07) is 4.13. The molecule has 0 fully saturated rings. The van der Waals surface area contributed by atoms with Gasteiger partial charge in [0.2, 0.25) is 0 Å². The lowest BCUT2D eigenvalue weighted by Crippen LogP contribution is -2.02. The number of thiazole rings is 1. The minimum atomic E-state index is 0.798. The largest absolute Gasteiger partial charge is 0.365 e. The Labute approximate surface area is 99.6 Å². The van der Waals surface area contributed by atoms with Gasteiger partial charge in [0.1, 0.15) is 5.82 Å². The normalized spacial score (nSPS) is 10.4. The lowest BCUT2D eigenvalue weighted by Gasteiger charge is -2.06. The minimum absolute atomic E-state index is 0.798. The summed E-state index contributed by atoms with van der Waals surface area (Å²) >= 11 is 1.68. The van der Waals surface area contributed by atoms with Crippen LogP contribution in [0.2, 0.25) is 0 Å². The molecule has 2 aromatic heterocycles. The average Bonchev–Trinajstić information content (AvgIpc) is 2.59. The minimum Gasteiger partial charge on any atom is -0.365 e. The molecule has 4 heteroatoms. The predicted octanol–water partition coefficient (Wildman–Crippen LogP) is 3.08. The molecule has 0 aliphatic heterocycles. The molecule has 0 spiro atoms. The van der Waals surface area contributed by atoms with Crippen molar-refractivity contribution < 1.29 is 0 Å². The molecule has 0 aromatic carbocycles. The van der Waals surface area contributed by atoms with E-state index in [-0.39, 0.29) is 0 Å². The zero-order valence-electron chi connectivity index (χ0n) is 9.74. The highest BCUT2D eigenvalue weighted by Gasteiger charge is 2.02. The molecule has 0 amide bonds. The van der Waals surface area contributed by atoms with E-state index in [2.05, 4.69) is 34.3 Å². The number of anilines is 1. The van der Waals surface area contributed by atoms with Gasteiger partial charge in [0.15, 0.2) is 0 Å². The molecule has 0 unspecified atom stereocenters. The van der Waals surface area contributed by atoms with Gasteiger partial charge in [0.05, 0.1) is 17.7 Å². The van der Waals surface area contributed by atoms with Gasteiger partial charge in [0.25, 0.3) is 0 Å². The summed E-state index contributed by atoms with van der Waals surface area (Å²) < 4.78 is 0. The Morgan fingerprint density at radius 1 is 1.25 bits per heavy atom. The summed E-state index contributed by atoms with van der Waals surface area (Å²) in [6.45, 7) is 6.92. The van der Waals surface area contributed by atoms with Gasteiger partial charge in [-0.05, 0) is 38.5 Å². The van der Waals surface area contributed by atoms with Crippen molar-refractivity contribution in [3.05, 3.63) is 39.5 Å². The van der Waals surface area contributed by atoms with Crippen molar-refractivity contribution in [3.8, 4) is 0 Å². The van der Waals surface area contributed by atoms with Gasteiger partial charge >= 0.3 is 0 Å². The molecule has 84 valence electrons. The van der Waals surface area contributed by atoms with E-state index < -0.39 is 0 Å². The van der Waals surface area contributed by atoms with Crippen LogP contribution in [0.1, 0.15) is 21.8 Å². The number of pyridine rings is 1. The van der Waals surface area contributed by atoms with Crippen molar-refractivity contribution in [1.82, 2.24) is 9.97 Å². The maximum absolute atomic E-state index is 4.44. The molecule has 2 rings (SSSR count). The highest BCUT2D eigenvalue weighted by molar-refractivity contribution is 7.09. The molecule has 0 saturated heterocycles. The SMILES string of the molecule is Cc1cc(C)nc(NCc2scnc2C)c1. The number of rotatable bonds is 3. The Hall–Kier alpha value is -1.42. The molecule has 1 N–H and O–H groups in total. The molecule has 16 heavy (non-hydrogen) atoms. The van der Waals surface area contributed by atoms with Crippen LogP contribution >= 0.6 is 11.3 Å². The van der Waals surface area contributed by atoms with Crippen molar-refractivity contribution in [3.63, 3.8) is 0 Å². The van der Waals surface area contributed by atoms with Crippen LogP contribution < -0.4 is 5.32 Å². The number of nitrogens with one attached hydrogen (secondary N) is 1. The molecule has 0 saturated carbocycles. The van der Waals surface area contributed by atoms with Crippen LogP contribution in [0.3, 0.4) is 0 Å². The molecule has 0 bridgehead atoms. The molecular formula is C12H15N3S. The second-order valence-corrected chi connectivity index (χ2v) is 4.82. The molecule has 2 heterocycles. The van der Waals surface area contributed by atoms with Gasteiger partial charge in [-0.1, -0.05) is 0 Å². The van der Waals surface area contributed by atoms with Crippen molar-refractivity contribution in [1.29, 1.82) is 0 Å². The summed E-state index contributed by atoms with van der Waals surface area (Å²) in [5.74, 6) is 0.935. The zero-order chi connectivity index (χ0) is 11.5. The fourth-order valence-electron chi connectivity index (χ4n) is 1.60. The quantitative estimate of drug-likeness (QED) is 0.885. The first-order valence-electron chi connectivity index (χ1n) is 5.23. The van der Waals surface area contributed by atoms with Crippen LogP contribution in [0.25, 0.3) is 0 Å².